The molecule has 7 heteroatoms. The lowest BCUT2D eigenvalue weighted by molar-refractivity contribution is 0.307. The number of primary sulfonamides is 1. The van der Waals surface area contributed by atoms with Crippen LogP contribution in [0.3, 0.4) is 0 Å². The second-order valence-electron chi connectivity index (χ2n) is 5.50. The van der Waals surface area contributed by atoms with Crippen LogP contribution in [0.5, 0.6) is 11.5 Å². The average Bonchev–Trinajstić information content (AvgIpc) is 2.59. The van der Waals surface area contributed by atoms with Crippen LogP contribution in [-0.4, -0.2) is 28.7 Å². The summed E-state index contributed by atoms with van der Waals surface area (Å²) >= 11 is 0. The minimum Gasteiger partial charge on any atom is -0.493 e. The quantitative estimate of drug-likeness (QED) is 0.665. The van der Waals surface area contributed by atoms with Gasteiger partial charge in [-0.1, -0.05) is 24.3 Å². The number of para-hydroxylation sites is 1. The van der Waals surface area contributed by atoms with E-state index in [-0.39, 0.29) is 4.90 Å². The minimum atomic E-state index is -3.64. The monoisotopic (exact) mass is 364 g/mol. The number of hydrogen-bond donors (Lipinski definition) is 2. The molecule has 136 valence electrons. The summed E-state index contributed by atoms with van der Waals surface area (Å²) in [5.41, 5.74) is 2.07. The van der Waals surface area contributed by atoms with Gasteiger partial charge in [0.15, 0.2) is 11.5 Å². The molecular formula is C18H24N2O4S. The molecule has 6 nitrogen and oxygen atoms in total. The van der Waals surface area contributed by atoms with E-state index < -0.39 is 10.0 Å². The Bertz CT molecular complexity index is 789. The lowest BCUT2D eigenvalue weighted by Gasteiger charge is -2.14. The lowest BCUT2D eigenvalue weighted by atomic mass is 10.1. The number of rotatable bonds is 9. The minimum absolute atomic E-state index is 0.127. The molecule has 0 bridgehead atoms. The Morgan fingerprint density at radius 2 is 1.84 bits per heavy atom. The summed E-state index contributed by atoms with van der Waals surface area (Å²) in [6.07, 6.45) is 0.777. The van der Waals surface area contributed by atoms with Gasteiger partial charge in [0, 0.05) is 12.1 Å². The highest BCUT2D eigenvalue weighted by molar-refractivity contribution is 7.89. The summed E-state index contributed by atoms with van der Waals surface area (Å²) in [6, 6.07) is 12.4. The fraction of sp³-hybridized carbons (Fsp3) is 0.333. The molecule has 0 radical (unpaired) electrons. The average molecular weight is 364 g/mol. The highest BCUT2D eigenvalue weighted by Crippen LogP contribution is 2.30. The van der Waals surface area contributed by atoms with Crippen molar-refractivity contribution in [2.75, 3.05) is 20.3 Å². The van der Waals surface area contributed by atoms with Crippen LogP contribution in [0.4, 0.5) is 0 Å². The number of nitrogens with one attached hydrogen (secondary N) is 1. The predicted octanol–water partition coefficient (Wildman–Crippen LogP) is 2.07. The molecular weight excluding hydrogens is 340 g/mol. The SMILES string of the molecule is CCOc1c(CNCCc2ccc(S(N)(=O)=O)cc2)cccc1OC. The maximum absolute atomic E-state index is 11.2. The van der Waals surface area contributed by atoms with Gasteiger partial charge < -0.3 is 14.8 Å². The summed E-state index contributed by atoms with van der Waals surface area (Å²) in [7, 11) is -2.01. The van der Waals surface area contributed by atoms with E-state index in [2.05, 4.69) is 5.32 Å². The maximum Gasteiger partial charge on any atom is 0.238 e. The molecule has 0 amide bonds. The van der Waals surface area contributed by atoms with Gasteiger partial charge in [-0.15, -0.1) is 0 Å². The molecule has 0 aliphatic heterocycles. The fourth-order valence-corrected chi connectivity index (χ4v) is 2.99. The van der Waals surface area contributed by atoms with E-state index in [9.17, 15) is 8.42 Å². The van der Waals surface area contributed by atoms with Crippen LogP contribution >= 0.6 is 0 Å². The molecule has 0 fully saturated rings. The third-order valence-electron chi connectivity index (χ3n) is 3.73. The van der Waals surface area contributed by atoms with E-state index in [0.29, 0.717) is 13.2 Å². The maximum atomic E-state index is 11.2. The Morgan fingerprint density at radius 3 is 2.44 bits per heavy atom. The molecule has 0 heterocycles. The van der Waals surface area contributed by atoms with Gasteiger partial charge in [0.1, 0.15) is 0 Å². The summed E-state index contributed by atoms with van der Waals surface area (Å²) in [5, 5.41) is 8.46. The normalized spacial score (nSPS) is 11.3. The van der Waals surface area contributed by atoms with E-state index in [0.717, 1.165) is 35.6 Å². The van der Waals surface area contributed by atoms with Gasteiger partial charge in [-0.05, 0) is 43.7 Å². The molecule has 0 aliphatic carbocycles. The van der Waals surface area contributed by atoms with Crippen molar-refractivity contribution in [3.63, 3.8) is 0 Å². The first-order valence-electron chi connectivity index (χ1n) is 8.07. The molecule has 0 spiro atoms. The van der Waals surface area contributed by atoms with Crippen molar-refractivity contribution >= 4 is 10.0 Å². The molecule has 0 atom stereocenters. The first kappa shape index (κ1) is 19.2. The first-order valence-corrected chi connectivity index (χ1v) is 9.61. The second kappa shape index (κ2) is 8.84. The third kappa shape index (κ3) is 5.45. The van der Waals surface area contributed by atoms with Gasteiger partial charge in [-0.25, -0.2) is 13.6 Å². The number of hydrogen-bond acceptors (Lipinski definition) is 5. The second-order valence-corrected chi connectivity index (χ2v) is 7.06. The van der Waals surface area contributed by atoms with Gasteiger partial charge >= 0.3 is 0 Å². The van der Waals surface area contributed by atoms with E-state index in [4.69, 9.17) is 14.6 Å². The number of ether oxygens (including phenoxy) is 2. The van der Waals surface area contributed by atoms with Gasteiger partial charge in [0.25, 0.3) is 0 Å². The van der Waals surface area contributed by atoms with Crippen LogP contribution < -0.4 is 19.9 Å². The summed E-state index contributed by atoms with van der Waals surface area (Å²) in [6.45, 7) is 3.91. The molecule has 0 saturated heterocycles. The molecule has 3 N–H and O–H groups in total. The Balaban J connectivity index is 1.91. The van der Waals surface area contributed by atoms with Crippen molar-refractivity contribution < 1.29 is 17.9 Å². The Hall–Kier alpha value is -2.09. The van der Waals surface area contributed by atoms with Crippen molar-refractivity contribution in [3.05, 3.63) is 53.6 Å². The molecule has 0 saturated carbocycles. The molecule has 0 aliphatic rings. The Labute approximate surface area is 149 Å². The van der Waals surface area contributed by atoms with Crippen LogP contribution in [0.2, 0.25) is 0 Å². The zero-order valence-corrected chi connectivity index (χ0v) is 15.3. The van der Waals surface area contributed by atoms with Crippen molar-refractivity contribution in [1.29, 1.82) is 0 Å². The van der Waals surface area contributed by atoms with Crippen molar-refractivity contribution in [2.45, 2.75) is 24.8 Å². The molecule has 2 aromatic rings. The highest BCUT2D eigenvalue weighted by Gasteiger charge is 2.10. The predicted molar refractivity (Wildman–Crippen MR) is 97.4 cm³/mol. The van der Waals surface area contributed by atoms with E-state index in [1.807, 2.05) is 25.1 Å². The van der Waals surface area contributed by atoms with Crippen molar-refractivity contribution in [1.82, 2.24) is 5.32 Å². The third-order valence-corrected chi connectivity index (χ3v) is 4.66. The number of benzene rings is 2. The van der Waals surface area contributed by atoms with Gasteiger partial charge in [-0.2, -0.15) is 0 Å². The Kier molecular flexibility index (Phi) is 6.81. The fourth-order valence-electron chi connectivity index (χ4n) is 2.47. The van der Waals surface area contributed by atoms with Crippen LogP contribution in [0.1, 0.15) is 18.1 Å². The number of methoxy groups -OCH3 is 1. The van der Waals surface area contributed by atoms with Crippen LogP contribution in [0.25, 0.3) is 0 Å². The molecule has 25 heavy (non-hydrogen) atoms. The Morgan fingerprint density at radius 1 is 1.12 bits per heavy atom. The first-order chi connectivity index (χ1) is 12.0. The van der Waals surface area contributed by atoms with E-state index >= 15 is 0 Å². The van der Waals surface area contributed by atoms with Crippen molar-refractivity contribution in [3.8, 4) is 11.5 Å². The van der Waals surface area contributed by atoms with E-state index in [1.54, 1.807) is 19.2 Å². The van der Waals surface area contributed by atoms with Gasteiger partial charge in [0.05, 0.1) is 18.6 Å². The zero-order chi connectivity index (χ0) is 18.3. The number of nitrogens with two attached hydrogens (primary N) is 1. The topological polar surface area (TPSA) is 90.6 Å². The van der Waals surface area contributed by atoms with Crippen molar-refractivity contribution in [2.24, 2.45) is 5.14 Å². The largest absolute Gasteiger partial charge is 0.493 e. The molecule has 2 rings (SSSR count). The van der Waals surface area contributed by atoms with Crippen LogP contribution in [0.15, 0.2) is 47.4 Å². The van der Waals surface area contributed by atoms with Crippen LogP contribution in [0, 0.1) is 0 Å². The molecule has 2 aromatic carbocycles. The summed E-state index contributed by atoms with van der Waals surface area (Å²) < 4.78 is 33.5. The number of sulfonamides is 1. The summed E-state index contributed by atoms with van der Waals surface area (Å²) in [5.74, 6) is 1.48. The van der Waals surface area contributed by atoms with Crippen LogP contribution in [-0.2, 0) is 23.0 Å². The molecule has 0 unspecified atom stereocenters. The highest BCUT2D eigenvalue weighted by atomic mass is 32.2. The standard InChI is InChI=1S/C18H24N2O4S/c1-3-24-18-15(5-4-6-17(18)23-2)13-20-12-11-14-7-9-16(10-8-14)25(19,21)22/h4-10,20H,3,11-13H2,1-2H3,(H2,19,21,22). The van der Waals surface area contributed by atoms with Gasteiger partial charge in [0.2, 0.25) is 10.0 Å². The summed E-state index contributed by atoms with van der Waals surface area (Å²) in [4.78, 5) is 0.127. The zero-order valence-electron chi connectivity index (χ0n) is 14.5. The van der Waals surface area contributed by atoms with Gasteiger partial charge in [-0.3, -0.25) is 0 Å². The molecule has 0 aromatic heterocycles. The van der Waals surface area contributed by atoms with E-state index in [1.165, 1.54) is 12.1 Å². The smallest absolute Gasteiger partial charge is 0.238 e. The lowest BCUT2D eigenvalue weighted by Crippen LogP contribution is -2.17.